The highest BCUT2D eigenvalue weighted by atomic mass is 15.4. The maximum absolute atomic E-state index is 4.40. The van der Waals surface area contributed by atoms with E-state index in [1.807, 2.05) is 56.1 Å². The van der Waals surface area contributed by atoms with Gasteiger partial charge in [0.2, 0.25) is 11.2 Å². The Hall–Kier alpha value is -1.98. The van der Waals surface area contributed by atoms with Crippen LogP contribution in [0.5, 0.6) is 0 Å². The summed E-state index contributed by atoms with van der Waals surface area (Å²) in [6.45, 7) is 0. The highest BCUT2D eigenvalue weighted by Crippen LogP contribution is 2.13. The number of rotatable bonds is 2. The fourth-order valence-corrected chi connectivity index (χ4v) is 1.38. The van der Waals surface area contributed by atoms with Crippen molar-refractivity contribution in [2.45, 2.75) is 0 Å². The molecule has 0 aliphatic rings. The zero-order valence-electron chi connectivity index (χ0n) is 9.92. The van der Waals surface area contributed by atoms with Crippen molar-refractivity contribution in [1.82, 2.24) is 20.0 Å². The lowest BCUT2D eigenvalue weighted by Crippen LogP contribution is -2.11. The molecule has 2 aromatic heterocycles. The van der Waals surface area contributed by atoms with Gasteiger partial charge in [-0.3, -0.25) is 4.58 Å². The molecule has 6 heteroatoms. The summed E-state index contributed by atoms with van der Waals surface area (Å²) in [5.74, 6) is 0.879. The van der Waals surface area contributed by atoms with Gasteiger partial charge in [-0.15, -0.1) is 0 Å². The van der Waals surface area contributed by atoms with Crippen molar-refractivity contribution in [3.63, 3.8) is 0 Å². The van der Waals surface area contributed by atoms with E-state index in [4.69, 9.17) is 0 Å². The third kappa shape index (κ3) is 1.86. The maximum atomic E-state index is 4.40. The van der Waals surface area contributed by atoms with E-state index in [9.17, 15) is 0 Å². The number of anilines is 1. The van der Waals surface area contributed by atoms with Crippen LogP contribution in [0, 0.1) is 0 Å². The molecule has 2 heterocycles. The Kier molecular flexibility index (Phi) is 2.55. The molecule has 0 aromatic carbocycles. The van der Waals surface area contributed by atoms with Crippen LogP contribution in [0.1, 0.15) is 0 Å². The van der Waals surface area contributed by atoms with Crippen molar-refractivity contribution in [2.24, 2.45) is 0 Å². The van der Waals surface area contributed by atoms with Gasteiger partial charge in [-0.1, -0.05) is 9.78 Å². The van der Waals surface area contributed by atoms with Gasteiger partial charge >= 0.3 is 0 Å². The van der Waals surface area contributed by atoms with Gasteiger partial charge in [-0.2, -0.15) is 0 Å². The Labute approximate surface area is 93.8 Å². The second-order valence-corrected chi connectivity index (χ2v) is 4.02. The molecule has 0 aliphatic carbocycles. The van der Waals surface area contributed by atoms with Gasteiger partial charge in [0.25, 0.3) is 6.34 Å². The van der Waals surface area contributed by atoms with E-state index in [0.717, 1.165) is 11.3 Å². The van der Waals surface area contributed by atoms with Crippen molar-refractivity contribution >= 4 is 23.3 Å². The number of fused-ring (bicyclic) bond motifs is 1. The summed E-state index contributed by atoms with van der Waals surface area (Å²) in [5, 5.41) is 8.06. The van der Waals surface area contributed by atoms with Gasteiger partial charge in [0.15, 0.2) is 0 Å². The summed E-state index contributed by atoms with van der Waals surface area (Å²) in [4.78, 5) is 6.33. The molecule has 0 saturated carbocycles. The molecule has 0 bridgehead atoms. The van der Waals surface area contributed by atoms with E-state index >= 15 is 0 Å². The first-order chi connectivity index (χ1) is 7.58. The van der Waals surface area contributed by atoms with Crippen LogP contribution < -0.4 is 4.90 Å². The number of hydrogen-bond acceptors (Lipinski definition) is 4. The van der Waals surface area contributed by atoms with Crippen molar-refractivity contribution in [1.29, 1.82) is 0 Å². The molecule has 2 rings (SSSR count). The van der Waals surface area contributed by atoms with Crippen LogP contribution in [-0.2, 0) is 0 Å². The summed E-state index contributed by atoms with van der Waals surface area (Å²) in [6.07, 6.45) is 1.85. The monoisotopic (exact) mass is 219 g/mol. The standard InChI is InChI=1S/C10H15N6/c1-14(2)7-16-8-5-6-9(15(3)4)11-10(8)12-13-16/h5-7H,1-4H3/q+1. The minimum absolute atomic E-state index is 0.657. The fraction of sp³-hybridized carbons (Fsp3) is 0.400. The molecule has 16 heavy (non-hydrogen) atoms. The summed E-state index contributed by atoms with van der Waals surface area (Å²) < 4.78 is 3.62. The SMILES string of the molecule is CN(C)c1ccc2c(nnn2C=[N+](C)C)n1. The topological polar surface area (TPSA) is 49.9 Å². The highest BCUT2D eigenvalue weighted by molar-refractivity contribution is 5.78. The average Bonchev–Trinajstić information content (AvgIpc) is 2.60. The van der Waals surface area contributed by atoms with E-state index in [-0.39, 0.29) is 0 Å². The Morgan fingerprint density at radius 2 is 2.06 bits per heavy atom. The Morgan fingerprint density at radius 1 is 1.31 bits per heavy atom. The Morgan fingerprint density at radius 3 is 2.69 bits per heavy atom. The quantitative estimate of drug-likeness (QED) is 0.406. The summed E-state index contributed by atoms with van der Waals surface area (Å²) in [6, 6.07) is 3.92. The first-order valence-electron chi connectivity index (χ1n) is 4.98. The van der Waals surface area contributed by atoms with Crippen molar-refractivity contribution < 1.29 is 4.58 Å². The number of pyridine rings is 1. The summed E-state index contributed by atoms with van der Waals surface area (Å²) in [5.41, 5.74) is 1.56. The van der Waals surface area contributed by atoms with Gasteiger partial charge in [0, 0.05) is 19.3 Å². The van der Waals surface area contributed by atoms with Crippen molar-refractivity contribution in [2.75, 3.05) is 33.1 Å². The van der Waals surface area contributed by atoms with E-state index in [1.54, 1.807) is 4.68 Å². The molecule has 0 amide bonds. The first-order valence-corrected chi connectivity index (χ1v) is 4.98. The molecule has 0 fully saturated rings. The molecule has 6 nitrogen and oxygen atoms in total. The fourth-order valence-electron chi connectivity index (χ4n) is 1.38. The van der Waals surface area contributed by atoms with Gasteiger partial charge in [0.05, 0.1) is 14.1 Å². The predicted octanol–water partition coefficient (Wildman–Crippen LogP) is 0.0408. The van der Waals surface area contributed by atoms with Crippen LogP contribution in [0.15, 0.2) is 12.1 Å². The van der Waals surface area contributed by atoms with Crippen LogP contribution in [0.25, 0.3) is 11.2 Å². The van der Waals surface area contributed by atoms with Gasteiger partial charge < -0.3 is 4.90 Å². The molecular formula is C10H15N6+. The molecule has 0 saturated heterocycles. The van der Waals surface area contributed by atoms with Gasteiger partial charge in [-0.05, 0) is 12.1 Å². The molecule has 0 N–H and O–H groups in total. The van der Waals surface area contributed by atoms with Gasteiger partial charge in [0.1, 0.15) is 5.82 Å². The van der Waals surface area contributed by atoms with Crippen molar-refractivity contribution in [3.05, 3.63) is 12.1 Å². The van der Waals surface area contributed by atoms with Crippen LogP contribution in [0.4, 0.5) is 5.82 Å². The van der Waals surface area contributed by atoms with Crippen molar-refractivity contribution in [3.8, 4) is 0 Å². The molecule has 0 unspecified atom stereocenters. The summed E-state index contributed by atoms with van der Waals surface area (Å²) in [7, 11) is 7.78. The molecule has 84 valence electrons. The molecule has 0 aliphatic heterocycles. The first kappa shape index (κ1) is 10.5. The third-order valence-corrected chi connectivity index (χ3v) is 2.12. The molecule has 0 atom stereocenters. The molecule has 0 radical (unpaired) electrons. The number of hydrogen-bond donors (Lipinski definition) is 0. The zero-order valence-corrected chi connectivity index (χ0v) is 9.92. The highest BCUT2D eigenvalue weighted by Gasteiger charge is 2.11. The van der Waals surface area contributed by atoms with E-state index in [0.29, 0.717) is 5.65 Å². The molecule has 0 spiro atoms. The molecule has 2 aromatic rings. The smallest absolute Gasteiger partial charge is 0.266 e. The lowest BCUT2D eigenvalue weighted by molar-refractivity contribution is -0.461. The molecular weight excluding hydrogens is 204 g/mol. The minimum atomic E-state index is 0.657. The largest absolute Gasteiger partial charge is 0.363 e. The minimum Gasteiger partial charge on any atom is -0.363 e. The normalized spacial score (nSPS) is 10.5. The van der Waals surface area contributed by atoms with Crippen LogP contribution in [0.2, 0.25) is 0 Å². The second-order valence-electron chi connectivity index (χ2n) is 4.02. The Balaban J connectivity index is 2.55. The van der Waals surface area contributed by atoms with E-state index < -0.39 is 0 Å². The lowest BCUT2D eigenvalue weighted by atomic mass is 10.4. The van der Waals surface area contributed by atoms with Crippen LogP contribution in [-0.4, -0.2) is 59.1 Å². The summed E-state index contributed by atoms with van der Waals surface area (Å²) >= 11 is 0. The lowest BCUT2D eigenvalue weighted by Gasteiger charge is -2.09. The van der Waals surface area contributed by atoms with E-state index in [2.05, 4.69) is 15.3 Å². The van der Waals surface area contributed by atoms with Gasteiger partial charge in [-0.25, -0.2) is 4.98 Å². The van der Waals surface area contributed by atoms with E-state index in [1.165, 1.54) is 0 Å². The second kappa shape index (κ2) is 3.88. The van der Waals surface area contributed by atoms with Crippen LogP contribution >= 0.6 is 0 Å². The van der Waals surface area contributed by atoms with Crippen LogP contribution in [0.3, 0.4) is 0 Å². The number of nitrogens with zero attached hydrogens (tertiary/aromatic N) is 6. The third-order valence-electron chi connectivity index (χ3n) is 2.12. The maximum Gasteiger partial charge on any atom is 0.266 e. The number of aromatic nitrogens is 4. The Bertz CT molecular complexity index is 535. The average molecular weight is 219 g/mol. The predicted molar refractivity (Wildman–Crippen MR) is 63.2 cm³/mol. The zero-order chi connectivity index (χ0) is 11.7.